The highest BCUT2D eigenvalue weighted by atomic mass is 28.4. The Morgan fingerprint density at radius 2 is 1.57 bits per heavy atom. The molecular formula is C38H58N4O5Si2. The Balaban J connectivity index is 1.55. The number of rotatable bonds is 8. The number of benzene rings is 1. The Labute approximate surface area is 295 Å². The molecule has 0 amide bonds. The number of ether oxygens (including phenoxy) is 2. The Morgan fingerprint density at radius 3 is 2.18 bits per heavy atom. The van der Waals surface area contributed by atoms with Crippen molar-refractivity contribution in [1.82, 2.24) is 19.1 Å². The quantitative estimate of drug-likeness (QED) is 0.169. The molecule has 9 nitrogen and oxygen atoms in total. The van der Waals surface area contributed by atoms with E-state index < -0.39 is 28.3 Å². The van der Waals surface area contributed by atoms with Crippen molar-refractivity contribution in [3.63, 3.8) is 0 Å². The van der Waals surface area contributed by atoms with E-state index in [0.29, 0.717) is 23.7 Å². The van der Waals surface area contributed by atoms with E-state index in [1.807, 2.05) is 45.0 Å². The summed E-state index contributed by atoms with van der Waals surface area (Å²) in [6, 6.07) is 9.91. The number of fused-ring (bicyclic) bond motifs is 2. The van der Waals surface area contributed by atoms with Crippen LogP contribution in [0.25, 0.3) is 33.3 Å². The second-order valence-corrected chi connectivity index (χ2v) is 27.4. The number of methoxy groups -OCH3 is 1. The summed E-state index contributed by atoms with van der Waals surface area (Å²) in [5.74, 6) is 0.985. The Bertz CT molecular complexity index is 1820. The van der Waals surface area contributed by atoms with Crippen molar-refractivity contribution in [2.24, 2.45) is 5.92 Å². The van der Waals surface area contributed by atoms with Gasteiger partial charge in [-0.2, -0.15) is 0 Å². The van der Waals surface area contributed by atoms with Gasteiger partial charge in [0.25, 0.3) is 0 Å². The zero-order valence-corrected chi connectivity index (χ0v) is 34.2. The van der Waals surface area contributed by atoms with Crippen LogP contribution in [-0.2, 0) is 13.6 Å². The molecule has 3 heterocycles. The lowest BCUT2D eigenvalue weighted by molar-refractivity contribution is 0.0547. The predicted octanol–water partition coefficient (Wildman–Crippen LogP) is 10.2. The summed E-state index contributed by atoms with van der Waals surface area (Å²) >= 11 is 0. The van der Waals surface area contributed by atoms with Crippen molar-refractivity contribution in [2.45, 2.75) is 129 Å². The van der Waals surface area contributed by atoms with Gasteiger partial charge in [-0.15, -0.1) is 0 Å². The summed E-state index contributed by atoms with van der Waals surface area (Å²) in [6.07, 6.45) is 5.19. The maximum absolute atomic E-state index is 13.7. The van der Waals surface area contributed by atoms with Crippen LogP contribution in [0.15, 0.2) is 42.9 Å². The molecule has 5 rings (SSSR count). The van der Waals surface area contributed by atoms with Crippen molar-refractivity contribution >= 4 is 44.7 Å². The van der Waals surface area contributed by atoms with Crippen molar-refractivity contribution in [1.29, 1.82) is 0 Å². The van der Waals surface area contributed by atoms with Gasteiger partial charge in [0.05, 0.1) is 24.4 Å². The molecule has 4 aromatic rings. The van der Waals surface area contributed by atoms with Gasteiger partial charge in [-0.25, -0.2) is 19.3 Å². The van der Waals surface area contributed by atoms with E-state index in [4.69, 9.17) is 28.3 Å². The molecule has 1 saturated carbocycles. The SMILES string of the molecule is COc1ccc2c(c1)cc(-c1ncnc3c1ccn3[C@@H]1C[C@@H](CO[Si](C)(C)C(C)(C)C)[C@@H](O[Si](C)(C)C(C)(C)C)C1)n2C(=O)OC(C)(C)C. The Hall–Kier alpha value is -3.00. The van der Waals surface area contributed by atoms with E-state index in [2.05, 4.69) is 84.6 Å². The molecule has 49 heavy (non-hydrogen) atoms. The molecule has 0 spiro atoms. The number of carbonyl (C=O) groups is 1. The minimum atomic E-state index is -2.04. The lowest BCUT2D eigenvalue weighted by Crippen LogP contribution is -2.46. The maximum atomic E-state index is 13.7. The molecule has 0 N–H and O–H groups in total. The van der Waals surface area contributed by atoms with E-state index in [-0.39, 0.29) is 28.1 Å². The van der Waals surface area contributed by atoms with E-state index in [1.165, 1.54) is 0 Å². The fourth-order valence-corrected chi connectivity index (χ4v) is 8.62. The van der Waals surface area contributed by atoms with Crippen LogP contribution in [0.2, 0.25) is 36.3 Å². The van der Waals surface area contributed by atoms with Gasteiger partial charge in [-0.1, -0.05) is 41.5 Å². The van der Waals surface area contributed by atoms with Crippen LogP contribution >= 0.6 is 0 Å². The van der Waals surface area contributed by atoms with Gasteiger partial charge in [-0.3, -0.25) is 0 Å². The standard InChI is InChI=1S/C38H58N4O5Si2/c1-36(2,3)46-35(43)42-30-16-15-28(44-10)20-25(30)21-31(42)33-29-17-18-41(34(29)40-24-39-33)27-19-26(23-45-48(11,12)37(4,5)6)32(22-27)47-49(13,14)38(7,8)9/h15-18,20-21,24,26-27,32H,19,22-23H2,1-14H3/t26-,27+,32-/m0/s1. The zero-order valence-electron chi connectivity index (χ0n) is 32.2. The van der Waals surface area contributed by atoms with Gasteiger partial charge in [0.2, 0.25) is 0 Å². The molecule has 0 bridgehead atoms. The van der Waals surface area contributed by atoms with E-state index in [1.54, 1.807) is 18.0 Å². The lowest BCUT2D eigenvalue weighted by atomic mass is 10.1. The van der Waals surface area contributed by atoms with Crippen molar-refractivity contribution in [2.75, 3.05) is 13.7 Å². The van der Waals surface area contributed by atoms with Gasteiger partial charge in [-0.05, 0) is 100 Å². The Morgan fingerprint density at radius 1 is 0.898 bits per heavy atom. The van der Waals surface area contributed by atoms with Gasteiger partial charge in [0, 0.05) is 35.5 Å². The largest absolute Gasteiger partial charge is 0.497 e. The number of nitrogens with zero attached hydrogens (tertiary/aromatic N) is 4. The highest BCUT2D eigenvalue weighted by Gasteiger charge is 2.46. The first-order chi connectivity index (χ1) is 22.5. The molecule has 0 aliphatic heterocycles. The monoisotopic (exact) mass is 706 g/mol. The second kappa shape index (κ2) is 13.0. The minimum Gasteiger partial charge on any atom is -0.497 e. The van der Waals surface area contributed by atoms with Crippen molar-refractivity contribution in [3.05, 3.63) is 42.9 Å². The highest BCUT2D eigenvalue weighted by Crippen LogP contribution is 2.46. The third kappa shape index (κ3) is 7.55. The third-order valence-corrected chi connectivity index (χ3v) is 20.1. The van der Waals surface area contributed by atoms with Gasteiger partial charge < -0.3 is 22.9 Å². The smallest absolute Gasteiger partial charge is 0.419 e. The van der Waals surface area contributed by atoms with Gasteiger partial charge in [0.15, 0.2) is 16.6 Å². The molecule has 1 aromatic carbocycles. The molecule has 3 aromatic heterocycles. The average Bonchev–Trinajstić information content (AvgIpc) is 3.68. The van der Waals surface area contributed by atoms with Crippen LogP contribution in [0.1, 0.15) is 81.2 Å². The molecule has 0 radical (unpaired) electrons. The summed E-state index contributed by atoms with van der Waals surface area (Å²) in [7, 11) is -2.34. The molecule has 0 unspecified atom stereocenters. The molecule has 0 saturated heterocycles. The van der Waals surface area contributed by atoms with Crippen LogP contribution in [-0.4, -0.2) is 67.3 Å². The van der Waals surface area contributed by atoms with Crippen molar-refractivity contribution in [3.8, 4) is 17.1 Å². The molecule has 1 aliphatic carbocycles. The Kier molecular flexibility index (Phi) is 9.85. The number of hydrogen-bond acceptors (Lipinski definition) is 7. The topological polar surface area (TPSA) is 89.6 Å². The fraction of sp³-hybridized carbons (Fsp3) is 0.605. The minimum absolute atomic E-state index is 0.0964. The molecule has 11 heteroatoms. The molecule has 1 fully saturated rings. The molecule has 3 atom stereocenters. The maximum Gasteiger partial charge on any atom is 0.419 e. The fourth-order valence-electron chi connectivity index (χ4n) is 6.16. The second-order valence-electron chi connectivity index (χ2n) is 17.8. The lowest BCUT2D eigenvalue weighted by Gasteiger charge is -2.41. The normalized spacial score (nSPS) is 19.6. The first-order valence-electron chi connectivity index (χ1n) is 17.6. The summed E-state index contributed by atoms with van der Waals surface area (Å²) < 4.78 is 29.3. The summed E-state index contributed by atoms with van der Waals surface area (Å²) in [5, 5.41) is 1.98. The molecular weight excluding hydrogens is 649 g/mol. The average molecular weight is 707 g/mol. The van der Waals surface area contributed by atoms with Crippen molar-refractivity contribution < 1.29 is 23.1 Å². The van der Waals surface area contributed by atoms with Crippen LogP contribution in [0.4, 0.5) is 4.79 Å². The third-order valence-electron chi connectivity index (χ3n) is 11.1. The van der Waals surface area contributed by atoms with Crippen LogP contribution in [0, 0.1) is 5.92 Å². The van der Waals surface area contributed by atoms with Crippen LogP contribution < -0.4 is 4.74 Å². The number of hydrogen-bond donors (Lipinski definition) is 0. The van der Waals surface area contributed by atoms with E-state index in [9.17, 15) is 4.79 Å². The molecule has 268 valence electrons. The first kappa shape index (κ1) is 37.3. The zero-order chi connectivity index (χ0) is 36.3. The number of carbonyl (C=O) groups excluding carboxylic acids is 1. The predicted molar refractivity (Wildman–Crippen MR) is 204 cm³/mol. The van der Waals surface area contributed by atoms with Gasteiger partial charge >= 0.3 is 6.09 Å². The van der Waals surface area contributed by atoms with Crippen LogP contribution in [0.3, 0.4) is 0 Å². The first-order valence-corrected chi connectivity index (χ1v) is 23.4. The highest BCUT2D eigenvalue weighted by molar-refractivity contribution is 6.74. The van der Waals surface area contributed by atoms with Crippen LogP contribution in [0.5, 0.6) is 5.75 Å². The molecule has 1 aliphatic rings. The van der Waals surface area contributed by atoms with Gasteiger partial charge in [0.1, 0.15) is 29.0 Å². The van der Waals surface area contributed by atoms with E-state index >= 15 is 0 Å². The summed E-state index contributed by atoms with van der Waals surface area (Å²) in [4.78, 5) is 23.3. The summed E-state index contributed by atoms with van der Waals surface area (Å²) in [6.45, 7) is 29.4. The number of aromatic nitrogens is 4. The summed E-state index contributed by atoms with van der Waals surface area (Å²) in [5.41, 5.74) is 2.22. The van der Waals surface area contributed by atoms with E-state index in [0.717, 1.165) is 34.8 Å².